The van der Waals surface area contributed by atoms with Gasteiger partial charge in [0.1, 0.15) is 23.1 Å². The lowest BCUT2D eigenvalue weighted by atomic mass is 10.1. The van der Waals surface area contributed by atoms with Crippen LogP contribution < -0.4 is 10.1 Å². The predicted octanol–water partition coefficient (Wildman–Crippen LogP) is 3.51. The number of anilines is 1. The number of phenolic OH excluding ortho intramolecular Hbond substituents is 1. The number of ether oxygens (including phenoxy) is 1. The van der Waals surface area contributed by atoms with Crippen LogP contribution in [0.5, 0.6) is 11.5 Å². The molecule has 0 aliphatic heterocycles. The van der Waals surface area contributed by atoms with Gasteiger partial charge in [-0.05, 0) is 29.8 Å². The van der Waals surface area contributed by atoms with Crippen molar-refractivity contribution in [2.45, 2.75) is 0 Å². The summed E-state index contributed by atoms with van der Waals surface area (Å²) in [7, 11) is 1.46. The third kappa shape index (κ3) is 4.28. The molecular weight excluding hydrogens is 362 g/mol. The Bertz CT molecular complexity index is 950. The van der Waals surface area contributed by atoms with Crippen molar-refractivity contribution in [1.29, 1.82) is 5.26 Å². The standard InChI is InChI=1S/C17H12ClN3O5/c1-26-16-5-2-10(7-13(16)18)6-11(9-19)17(23)20-14-4-3-12(21(24)25)8-15(14)22/h2-8,22H,1H3,(H,20,23)/b11-6+. The zero-order valence-corrected chi connectivity index (χ0v) is 14.1. The molecule has 0 aromatic heterocycles. The largest absolute Gasteiger partial charge is 0.506 e. The fraction of sp³-hybridized carbons (Fsp3) is 0.0588. The molecule has 0 unspecified atom stereocenters. The van der Waals surface area contributed by atoms with E-state index < -0.39 is 16.6 Å². The SMILES string of the molecule is COc1ccc(/C=C(\C#N)C(=O)Nc2ccc([N+](=O)[O-])cc2O)cc1Cl. The number of nitro benzene ring substituents is 1. The van der Waals surface area contributed by atoms with E-state index in [1.807, 2.05) is 0 Å². The van der Waals surface area contributed by atoms with Crippen molar-refractivity contribution in [3.05, 3.63) is 62.7 Å². The highest BCUT2D eigenvalue weighted by atomic mass is 35.5. The molecule has 0 saturated heterocycles. The second kappa shape index (κ2) is 8.00. The minimum absolute atomic E-state index is 0.0606. The number of carbonyl (C=O) groups excluding carboxylic acids is 1. The van der Waals surface area contributed by atoms with Gasteiger partial charge in [-0.25, -0.2) is 0 Å². The van der Waals surface area contributed by atoms with Crippen molar-refractivity contribution in [2.24, 2.45) is 0 Å². The second-order valence-electron chi connectivity index (χ2n) is 4.98. The van der Waals surface area contributed by atoms with Gasteiger partial charge in [0, 0.05) is 6.07 Å². The van der Waals surface area contributed by atoms with Crippen molar-refractivity contribution in [1.82, 2.24) is 0 Å². The van der Waals surface area contributed by atoms with Crippen LogP contribution in [0.25, 0.3) is 6.08 Å². The van der Waals surface area contributed by atoms with Crippen molar-refractivity contribution >= 4 is 35.0 Å². The van der Waals surface area contributed by atoms with Crippen LogP contribution in [0.15, 0.2) is 42.0 Å². The monoisotopic (exact) mass is 373 g/mol. The first-order chi connectivity index (χ1) is 12.3. The zero-order chi connectivity index (χ0) is 19.3. The number of halogens is 1. The van der Waals surface area contributed by atoms with E-state index in [1.165, 1.54) is 25.3 Å². The Morgan fingerprint density at radius 3 is 2.65 bits per heavy atom. The molecule has 8 nitrogen and oxygen atoms in total. The van der Waals surface area contributed by atoms with Crippen LogP contribution in [-0.2, 0) is 4.79 Å². The minimum Gasteiger partial charge on any atom is -0.506 e. The molecular formula is C17H12ClN3O5. The number of nitriles is 1. The van der Waals surface area contributed by atoms with Crippen LogP contribution >= 0.6 is 11.6 Å². The molecule has 2 rings (SSSR count). The quantitative estimate of drug-likeness (QED) is 0.271. The molecule has 0 aliphatic carbocycles. The molecule has 0 aliphatic rings. The molecule has 2 N–H and O–H groups in total. The number of benzene rings is 2. The summed E-state index contributed by atoms with van der Waals surface area (Å²) < 4.78 is 5.02. The average Bonchev–Trinajstić information content (AvgIpc) is 2.61. The Kier molecular flexibility index (Phi) is 5.78. The lowest BCUT2D eigenvalue weighted by Crippen LogP contribution is -2.13. The Morgan fingerprint density at radius 2 is 2.12 bits per heavy atom. The second-order valence-corrected chi connectivity index (χ2v) is 5.38. The predicted molar refractivity (Wildman–Crippen MR) is 95.0 cm³/mol. The third-order valence-corrected chi connectivity index (χ3v) is 3.59. The number of rotatable bonds is 5. The van der Waals surface area contributed by atoms with E-state index in [9.17, 15) is 25.3 Å². The molecule has 0 spiro atoms. The molecule has 2 aromatic rings. The van der Waals surface area contributed by atoms with E-state index in [0.717, 1.165) is 12.1 Å². The lowest BCUT2D eigenvalue weighted by molar-refractivity contribution is -0.384. The summed E-state index contributed by atoms with van der Waals surface area (Å²) in [5.74, 6) is -0.830. The van der Waals surface area contributed by atoms with Crippen LogP contribution in [0, 0.1) is 21.4 Å². The molecule has 0 saturated carbocycles. The van der Waals surface area contributed by atoms with Gasteiger partial charge in [0.2, 0.25) is 0 Å². The summed E-state index contributed by atoms with van der Waals surface area (Å²) in [4.78, 5) is 22.2. The number of methoxy groups -OCH3 is 1. The van der Waals surface area contributed by atoms with Gasteiger partial charge in [-0.1, -0.05) is 17.7 Å². The molecule has 0 bridgehead atoms. The van der Waals surface area contributed by atoms with E-state index >= 15 is 0 Å². The first-order valence-corrected chi connectivity index (χ1v) is 7.47. The van der Waals surface area contributed by atoms with Crippen LogP contribution in [0.4, 0.5) is 11.4 Å². The number of hydrogen-bond acceptors (Lipinski definition) is 6. The van der Waals surface area contributed by atoms with Crippen molar-refractivity contribution in [3.8, 4) is 17.6 Å². The highest BCUT2D eigenvalue weighted by Gasteiger charge is 2.15. The van der Waals surface area contributed by atoms with Crippen LogP contribution in [0.1, 0.15) is 5.56 Å². The number of nitrogens with zero attached hydrogens (tertiary/aromatic N) is 2. The van der Waals surface area contributed by atoms with E-state index in [2.05, 4.69) is 5.32 Å². The van der Waals surface area contributed by atoms with Gasteiger partial charge in [-0.2, -0.15) is 5.26 Å². The summed E-state index contributed by atoms with van der Waals surface area (Å²) in [6.45, 7) is 0. The first-order valence-electron chi connectivity index (χ1n) is 7.09. The van der Waals surface area contributed by atoms with E-state index in [-0.39, 0.29) is 16.9 Å². The maximum absolute atomic E-state index is 12.2. The molecule has 9 heteroatoms. The van der Waals surface area contributed by atoms with Crippen molar-refractivity contribution < 1.29 is 19.6 Å². The number of aromatic hydroxyl groups is 1. The Labute approximate surface area is 153 Å². The van der Waals surface area contributed by atoms with Gasteiger partial charge in [-0.15, -0.1) is 0 Å². The van der Waals surface area contributed by atoms with Crippen LogP contribution in [-0.4, -0.2) is 23.0 Å². The van der Waals surface area contributed by atoms with Crippen LogP contribution in [0.2, 0.25) is 5.02 Å². The van der Waals surface area contributed by atoms with E-state index in [1.54, 1.807) is 18.2 Å². The number of hydrogen-bond donors (Lipinski definition) is 2. The molecule has 0 radical (unpaired) electrons. The number of amides is 1. The van der Waals surface area contributed by atoms with Gasteiger partial charge >= 0.3 is 0 Å². The first kappa shape index (κ1) is 18.8. The number of non-ortho nitro benzene ring substituents is 1. The zero-order valence-electron chi connectivity index (χ0n) is 13.4. The van der Waals surface area contributed by atoms with E-state index in [0.29, 0.717) is 16.3 Å². The summed E-state index contributed by atoms with van der Waals surface area (Å²) in [6, 6.07) is 9.66. The van der Waals surface area contributed by atoms with Gasteiger partial charge in [0.05, 0.1) is 28.8 Å². The average molecular weight is 374 g/mol. The maximum Gasteiger partial charge on any atom is 0.273 e. The van der Waals surface area contributed by atoms with Gasteiger partial charge in [0.15, 0.2) is 0 Å². The fourth-order valence-corrected chi connectivity index (χ4v) is 2.28. The Hall–Kier alpha value is -3.57. The molecule has 0 fully saturated rings. The lowest BCUT2D eigenvalue weighted by Gasteiger charge is -2.07. The molecule has 26 heavy (non-hydrogen) atoms. The van der Waals surface area contributed by atoms with Crippen LogP contribution in [0.3, 0.4) is 0 Å². The van der Waals surface area contributed by atoms with Crippen molar-refractivity contribution in [2.75, 3.05) is 12.4 Å². The van der Waals surface area contributed by atoms with Gasteiger partial charge in [0.25, 0.3) is 11.6 Å². The molecule has 0 heterocycles. The number of carbonyl (C=O) groups is 1. The van der Waals surface area contributed by atoms with Gasteiger partial charge < -0.3 is 15.2 Å². The number of nitrogens with one attached hydrogen (secondary N) is 1. The topological polar surface area (TPSA) is 125 Å². The highest BCUT2D eigenvalue weighted by molar-refractivity contribution is 6.32. The fourth-order valence-electron chi connectivity index (χ4n) is 2.02. The maximum atomic E-state index is 12.2. The summed E-state index contributed by atoms with van der Waals surface area (Å²) in [5.41, 5.74) is -0.140. The Morgan fingerprint density at radius 1 is 1.38 bits per heavy atom. The molecule has 2 aromatic carbocycles. The summed E-state index contributed by atoms with van der Waals surface area (Å²) >= 11 is 6.00. The van der Waals surface area contributed by atoms with E-state index in [4.69, 9.17) is 16.3 Å². The minimum atomic E-state index is -0.788. The Balaban J connectivity index is 2.25. The smallest absolute Gasteiger partial charge is 0.273 e. The molecule has 0 atom stereocenters. The molecule has 1 amide bonds. The van der Waals surface area contributed by atoms with Gasteiger partial charge in [-0.3, -0.25) is 14.9 Å². The number of phenols is 1. The summed E-state index contributed by atoms with van der Waals surface area (Å²) in [5, 5.41) is 32.3. The number of nitro groups is 1. The molecule has 132 valence electrons. The van der Waals surface area contributed by atoms with Crippen molar-refractivity contribution in [3.63, 3.8) is 0 Å². The highest BCUT2D eigenvalue weighted by Crippen LogP contribution is 2.29. The summed E-state index contributed by atoms with van der Waals surface area (Å²) in [6.07, 6.45) is 1.31. The normalized spacial score (nSPS) is 10.7. The third-order valence-electron chi connectivity index (χ3n) is 3.29.